The van der Waals surface area contributed by atoms with Gasteiger partial charge in [0.25, 0.3) is 0 Å². The molecule has 2 rings (SSSR count). The average Bonchev–Trinajstić information content (AvgIpc) is 2.86. The summed E-state index contributed by atoms with van der Waals surface area (Å²) >= 11 is 0. The number of benzene rings is 1. The van der Waals surface area contributed by atoms with Crippen LogP contribution in [0.4, 0.5) is 0 Å². The quantitative estimate of drug-likeness (QED) is 0.821. The van der Waals surface area contributed by atoms with E-state index in [0.29, 0.717) is 13.2 Å². The fraction of sp³-hybridized carbons (Fsp3) is 0.357. The molecule has 0 saturated heterocycles. The molecule has 0 spiro atoms. The van der Waals surface area contributed by atoms with Crippen LogP contribution in [0.3, 0.4) is 0 Å². The van der Waals surface area contributed by atoms with Crippen molar-refractivity contribution >= 4 is 0 Å². The number of imidazole rings is 1. The molecule has 4 heteroatoms. The summed E-state index contributed by atoms with van der Waals surface area (Å²) in [6, 6.07) is 8.01. The Morgan fingerprint density at radius 2 is 2.06 bits per heavy atom. The molecule has 0 unspecified atom stereocenters. The minimum Gasteiger partial charge on any atom is -0.494 e. The third-order valence-electron chi connectivity index (χ3n) is 2.72. The third-order valence-corrected chi connectivity index (χ3v) is 2.72. The predicted octanol–water partition coefficient (Wildman–Crippen LogP) is 2.37. The van der Waals surface area contributed by atoms with Crippen molar-refractivity contribution in [1.82, 2.24) is 9.97 Å². The molecule has 1 aromatic heterocycles. The summed E-state index contributed by atoms with van der Waals surface area (Å²) in [6.07, 6.45) is 3.71. The molecule has 0 aliphatic heterocycles. The molecule has 0 radical (unpaired) electrons. The highest BCUT2D eigenvalue weighted by molar-refractivity contribution is 5.59. The summed E-state index contributed by atoms with van der Waals surface area (Å²) in [6.45, 7) is 3.36. The van der Waals surface area contributed by atoms with Crippen molar-refractivity contribution in [2.75, 3.05) is 13.2 Å². The fourth-order valence-corrected chi connectivity index (χ4v) is 1.80. The van der Waals surface area contributed by atoms with E-state index in [1.807, 2.05) is 37.4 Å². The van der Waals surface area contributed by atoms with E-state index in [4.69, 9.17) is 10.5 Å². The van der Waals surface area contributed by atoms with Gasteiger partial charge >= 0.3 is 0 Å². The van der Waals surface area contributed by atoms with Crippen molar-refractivity contribution in [3.63, 3.8) is 0 Å². The summed E-state index contributed by atoms with van der Waals surface area (Å²) < 4.78 is 5.42. The summed E-state index contributed by atoms with van der Waals surface area (Å²) in [5.41, 5.74) is 7.63. The molecule has 0 atom stereocenters. The first-order chi connectivity index (χ1) is 8.83. The van der Waals surface area contributed by atoms with Crippen molar-refractivity contribution in [3.05, 3.63) is 36.3 Å². The second-order valence-electron chi connectivity index (χ2n) is 4.09. The van der Waals surface area contributed by atoms with Crippen LogP contribution in [0.5, 0.6) is 5.75 Å². The van der Waals surface area contributed by atoms with Crippen molar-refractivity contribution in [2.24, 2.45) is 5.73 Å². The van der Waals surface area contributed by atoms with Gasteiger partial charge in [0, 0.05) is 6.42 Å². The van der Waals surface area contributed by atoms with Crippen molar-refractivity contribution in [2.45, 2.75) is 19.8 Å². The van der Waals surface area contributed by atoms with Gasteiger partial charge in [0.2, 0.25) is 0 Å². The van der Waals surface area contributed by atoms with Gasteiger partial charge < -0.3 is 15.5 Å². The molecular weight excluding hydrogens is 226 g/mol. The van der Waals surface area contributed by atoms with Crippen molar-refractivity contribution in [1.29, 1.82) is 0 Å². The molecule has 4 nitrogen and oxygen atoms in total. The first-order valence-corrected chi connectivity index (χ1v) is 6.30. The van der Waals surface area contributed by atoms with Gasteiger partial charge in [-0.05, 0) is 49.7 Å². The minimum absolute atomic E-state index is 0.687. The zero-order valence-corrected chi connectivity index (χ0v) is 10.6. The number of aryl methyl sites for hydroxylation is 1. The summed E-state index contributed by atoms with van der Waals surface area (Å²) in [5.74, 6) is 1.88. The molecule has 0 aliphatic rings. The molecule has 0 amide bonds. The Balaban J connectivity index is 2.08. The Hall–Kier alpha value is -1.81. The summed E-state index contributed by atoms with van der Waals surface area (Å²) in [4.78, 5) is 7.65. The SMILES string of the molecule is CCOc1ccc(-c2cnc(CCCN)[nH]2)cc1. The zero-order chi connectivity index (χ0) is 12.8. The highest BCUT2D eigenvalue weighted by Crippen LogP contribution is 2.21. The molecule has 18 heavy (non-hydrogen) atoms. The van der Waals surface area contributed by atoms with Gasteiger partial charge in [0.1, 0.15) is 11.6 Å². The monoisotopic (exact) mass is 245 g/mol. The lowest BCUT2D eigenvalue weighted by molar-refractivity contribution is 0.340. The second-order valence-corrected chi connectivity index (χ2v) is 4.09. The lowest BCUT2D eigenvalue weighted by atomic mass is 10.2. The van der Waals surface area contributed by atoms with Crippen LogP contribution >= 0.6 is 0 Å². The Kier molecular flexibility index (Phi) is 4.36. The first kappa shape index (κ1) is 12.6. The largest absolute Gasteiger partial charge is 0.494 e. The number of ether oxygens (including phenoxy) is 1. The molecule has 1 aromatic carbocycles. The van der Waals surface area contributed by atoms with E-state index in [-0.39, 0.29) is 0 Å². The molecule has 3 N–H and O–H groups in total. The molecule has 0 fully saturated rings. The Morgan fingerprint density at radius 1 is 1.28 bits per heavy atom. The van der Waals surface area contributed by atoms with Crippen LogP contribution in [0.2, 0.25) is 0 Å². The van der Waals surface area contributed by atoms with E-state index >= 15 is 0 Å². The van der Waals surface area contributed by atoms with Crippen LogP contribution in [-0.4, -0.2) is 23.1 Å². The first-order valence-electron chi connectivity index (χ1n) is 6.30. The molecule has 2 aromatic rings. The van der Waals surface area contributed by atoms with E-state index in [1.165, 1.54) is 0 Å². The van der Waals surface area contributed by atoms with Crippen LogP contribution in [0.1, 0.15) is 19.2 Å². The maximum atomic E-state index is 5.48. The van der Waals surface area contributed by atoms with E-state index < -0.39 is 0 Å². The molecule has 1 heterocycles. The average molecular weight is 245 g/mol. The van der Waals surface area contributed by atoms with Gasteiger partial charge in [-0.2, -0.15) is 0 Å². The minimum atomic E-state index is 0.687. The lowest BCUT2D eigenvalue weighted by Gasteiger charge is -2.03. The molecule has 0 saturated carbocycles. The number of nitrogens with one attached hydrogen (secondary N) is 1. The number of aromatic amines is 1. The number of nitrogens with two attached hydrogens (primary N) is 1. The van der Waals surface area contributed by atoms with Gasteiger partial charge in [-0.15, -0.1) is 0 Å². The number of hydrogen-bond donors (Lipinski definition) is 2. The second kappa shape index (κ2) is 6.21. The van der Waals surface area contributed by atoms with Gasteiger partial charge in [-0.1, -0.05) is 0 Å². The molecule has 96 valence electrons. The van der Waals surface area contributed by atoms with E-state index in [9.17, 15) is 0 Å². The smallest absolute Gasteiger partial charge is 0.119 e. The normalized spacial score (nSPS) is 10.6. The number of H-pyrrole nitrogens is 1. The standard InChI is InChI=1S/C14H19N3O/c1-2-18-12-7-5-11(6-8-12)13-10-16-14(17-13)4-3-9-15/h5-8,10H,2-4,9,15H2,1H3,(H,16,17). The maximum Gasteiger partial charge on any atom is 0.119 e. The Bertz CT molecular complexity index is 476. The van der Waals surface area contributed by atoms with E-state index in [1.54, 1.807) is 0 Å². The van der Waals surface area contributed by atoms with E-state index in [2.05, 4.69) is 9.97 Å². The number of hydrogen-bond acceptors (Lipinski definition) is 3. The Labute approximate surface area is 107 Å². The molecule has 0 bridgehead atoms. The third kappa shape index (κ3) is 3.11. The predicted molar refractivity (Wildman–Crippen MR) is 72.6 cm³/mol. The maximum absolute atomic E-state index is 5.48. The van der Waals surface area contributed by atoms with Gasteiger partial charge in [0.05, 0.1) is 18.5 Å². The number of aromatic nitrogens is 2. The van der Waals surface area contributed by atoms with Crippen LogP contribution in [0, 0.1) is 0 Å². The number of rotatable bonds is 6. The van der Waals surface area contributed by atoms with Crippen LogP contribution in [0.15, 0.2) is 30.5 Å². The fourth-order valence-electron chi connectivity index (χ4n) is 1.80. The molecule has 0 aliphatic carbocycles. The van der Waals surface area contributed by atoms with Crippen LogP contribution in [-0.2, 0) is 6.42 Å². The van der Waals surface area contributed by atoms with Crippen molar-refractivity contribution in [3.8, 4) is 17.0 Å². The van der Waals surface area contributed by atoms with Crippen LogP contribution < -0.4 is 10.5 Å². The zero-order valence-electron chi connectivity index (χ0n) is 10.6. The summed E-state index contributed by atoms with van der Waals surface area (Å²) in [5, 5.41) is 0. The van der Waals surface area contributed by atoms with Gasteiger partial charge in [-0.3, -0.25) is 0 Å². The molecular formula is C14H19N3O. The highest BCUT2D eigenvalue weighted by Gasteiger charge is 2.03. The lowest BCUT2D eigenvalue weighted by Crippen LogP contribution is -2.01. The Morgan fingerprint density at radius 3 is 2.72 bits per heavy atom. The van der Waals surface area contributed by atoms with E-state index in [0.717, 1.165) is 35.7 Å². The number of nitrogens with zero attached hydrogens (tertiary/aromatic N) is 1. The highest BCUT2D eigenvalue weighted by atomic mass is 16.5. The topological polar surface area (TPSA) is 63.9 Å². The van der Waals surface area contributed by atoms with Crippen molar-refractivity contribution < 1.29 is 4.74 Å². The summed E-state index contributed by atoms with van der Waals surface area (Å²) in [7, 11) is 0. The van der Waals surface area contributed by atoms with Gasteiger partial charge in [0.15, 0.2) is 0 Å². The van der Waals surface area contributed by atoms with Gasteiger partial charge in [-0.25, -0.2) is 4.98 Å². The van der Waals surface area contributed by atoms with Crippen LogP contribution in [0.25, 0.3) is 11.3 Å².